The van der Waals surface area contributed by atoms with Gasteiger partial charge in [-0.15, -0.1) is 0 Å². The predicted molar refractivity (Wildman–Crippen MR) is 51.8 cm³/mol. The molecule has 72 valence electrons. The highest BCUT2D eigenvalue weighted by Gasteiger charge is 2.34. The van der Waals surface area contributed by atoms with Crippen LogP contribution in [0.1, 0.15) is 34.6 Å². The minimum atomic E-state index is -0.261. The number of rotatable bonds is 3. The van der Waals surface area contributed by atoms with E-state index in [1.165, 1.54) is 0 Å². The van der Waals surface area contributed by atoms with Gasteiger partial charge in [-0.25, -0.2) is 0 Å². The summed E-state index contributed by atoms with van der Waals surface area (Å²) in [4.78, 5) is 11.5. The molecule has 1 unspecified atom stereocenters. The minimum absolute atomic E-state index is 0.128. The third-order valence-electron chi connectivity index (χ3n) is 2.95. The van der Waals surface area contributed by atoms with Crippen molar-refractivity contribution in [2.24, 2.45) is 17.3 Å². The van der Waals surface area contributed by atoms with E-state index < -0.39 is 0 Å². The zero-order chi connectivity index (χ0) is 9.94. The third kappa shape index (κ3) is 2.23. The highest BCUT2D eigenvalue weighted by molar-refractivity contribution is 5.81. The Balaban J connectivity index is 4.48. The van der Waals surface area contributed by atoms with Crippen LogP contribution >= 0.6 is 0 Å². The van der Waals surface area contributed by atoms with Crippen LogP contribution in [0.15, 0.2) is 0 Å². The first-order valence-corrected chi connectivity index (χ1v) is 4.56. The first kappa shape index (κ1) is 11.5. The molecular weight excluding hydrogens is 150 g/mol. The zero-order valence-corrected chi connectivity index (χ0v) is 9.06. The van der Waals surface area contributed by atoms with Gasteiger partial charge >= 0.3 is 0 Å². The number of nitrogens with one attached hydrogen (secondary N) is 1. The molecule has 0 aliphatic carbocycles. The molecular formula is C10H21NO. The van der Waals surface area contributed by atoms with Gasteiger partial charge < -0.3 is 5.32 Å². The highest BCUT2D eigenvalue weighted by atomic mass is 16.2. The molecule has 0 rings (SSSR count). The second-order valence-corrected chi connectivity index (χ2v) is 4.33. The second kappa shape index (κ2) is 3.92. The lowest BCUT2D eigenvalue weighted by Gasteiger charge is -2.32. The number of hydrogen-bond donors (Lipinski definition) is 1. The lowest BCUT2D eigenvalue weighted by Crippen LogP contribution is -2.41. The van der Waals surface area contributed by atoms with Crippen LogP contribution < -0.4 is 5.32 Å². The summed E-state index contributed by atoms with van der Waals surface area (Å²) in [5.74, 6) is 1.07. The number of amides is 1. The smallest absolute Gasteiger partial charge is 0.225 e. The molecule has 0 aromatic heterocycles. The van der Waals surface area contributed by atoms with E-state index >= 15 is 0 Å². The van der Waals surface area contributed by atoms with E-state index in [0.29, 0.717) is 11.8 Å². The summed E-state index contributed by atoms with van der Waals surface area (Å²) in [5.41, 5.74) is -0.261. The van der Waals surface area contributed by atoms with Crippen LogP contribution in [-0.4, -0.2) is 13.0 Å². The molecule has 0 aliphatic rings. The Bertz CT molecular complexity index is 161. The molecule has 2 nitrogen and oxygen atoms in total. The Kier molecular flexibility index (Phi) is 3.75. The predicted octanol–water partition coefficient (Wildman–Crippen LogP) is 2.05. The molecule has 1 atom stereocenters. The van der Waals surface area contributed by atoms with Crippen molar-refractivity contribution in [2.75, 3.05) is 7.05 Å². The maximum absolute atomic E-state index is 11.5. The fourth-order valence-electron chi connectivity index (χ4n) is 1.36. The van der Waals surface area contributed by atoms with Crippen LogP contribution in [0.25, 0.3) is 0 Å². The van der Waals surface area contributed by atoms with Crippen molar-refractivity contribution < 1.29 is 4.79 Å². The topological polar surface area (TPSA) is 29.1 Å². The van der Waals surface area contributed by atoms with Crippen molar-refractivity contribution in [1.82, 2.24) is 5.32 Å². The van der Waals surface area contributed by atoms with Gasteiger partial charge in [-0.2, -0.15) is 0 Å². The second-order valence-electron chi connectivity index (χ2n) is 4.33. The lowest BCUT2D eigenvalue weighted by molar-refractivity contribution is -0.132. The van der Waals surface area contributed by atoms with E-state index in [-0.39, 0.29) is 11.3 Å². The molecule has 2 heteroatoms. The fourth-order valence-corrected chi connectivity index (χ4v) is 1.36. The standard InChI is InChI=1S/C10H21NO/c1-7(2)8(3)10(4,5)9(12)11-6/h7-8H,1-6H3,(H,11,12). The molecule has 1 N–H and O–H groups in total. The van der Waals surface area contributed by atoms with E-state index in [1.54, 1.807) is 7.05 Å². The zero-order valence-electron chi connectivity index (χ0n) is 9.06. The maximum atomic E-state index is 11.5. The van der Waals surface area contributed by atoms with Gasteiger partial charge in [0, 0.05) is 12.5 Å². The SMILES string of the molecule is CNC(=O)C(C)(C)C(C)C(C)C. The van der Waals surface area contributed by atoms with Gasteiger partial charge in [0.2, 0.25) is 5.91 Å². The number of carbonyl (C=O) groups is 1. The van der Waals surface area contributed by atoms with Crippen LogP contribution in [0.4, 0.5) is 0 Å². The number of carbonyl (C=O) groups excluding carboxylic acids is 1. The Hall–Kier alpha value is -0.530. The Morgan fingerprint density at radius 3 is 1.92 bits per heavy atom. The molecule has 0 bridgehead atoms. The normalized spacial score (nSPS) is 14.6. The molecule has 12 heavy (non-hydrogen) atoms. The monoisotopic (exact) mass is 171 g/mol. The average Bonchev–Trinajstić information content (AvgIpc) is 2.01. The van der Waals surface area contributed by atoms with E-state index in [1.807, 2.05) is 13.8 Å². The largest absolute Gasteiger partial charge is 0.359 e. The van der Waals surface area contributed by atoms with Crippen LogP contribution in [0.3, 0.4) is 0 Å². The molecule has 0 aromatic rings. The van der Waals surface area contributed by atoms with Crippen LogP contribution in [-0.2, 0) is 4.79 Å². The first-order valence-electron chi connectivity index (χ1n) is 4.56. The van der Waals surface area contributed by atoms with Crippen LogP contribution in [0, 0.1) is 17.3 Å². The Morgan fingerprint density at radius 1 is 1.25 bits per heavy atom. The third-order valence-corrected chi connectivity index (χ3v) is 2.95. The van der Waals surface area contributed by atoms with Crippen LogP contribution in [0.2, 0.25) is 0 Å². The van der Waals surface area contributed by atoms with Gasteiger partial charge in [0.25, 0.3) is 0 Å². The Labute approximate surface area is 75.7 Å². The molecule has 0 saturated carbocycles. The molecule has 0 saturated heterocycles. The summed E-state index contributed by atoms with van der Waals surface area (Å²) >= 11 is 0. The van der Waals surface area contributed by atoms with Crippen molar-refractivity contribution >= 4 is 5.91 Å². The summed E-state index contributed by atoms with van der Waals surface area (Å²) in [6.07, 6.45) is 0. The molecule has 0 heterocycles. The average molecular weight is 171 g/mol. The summed E-state index contributed by atoms with van der Waals surface area (Å²) in [5, 5.41) is 2.70. The van der Waals surface area contributed by atoms with Crippen molar-refractivity contribution in [3.05, 3.63) is 0 Å². The molecule has 0 radical (unpaired) electrons. The lowest BCUT2D eigenvalue weighted by atomic mass is 9.73. The van der Waals surface area contributed by atoms with Gasteiger partial charge in [-0.05, 0) is 11.8 Å². The van der Waals surface area contributed by atoms with Crippen molar-refractivity contribution in [3.63, 3.8) is 0 Å². The van der Waals surface area contributed by atoms with E-state index in [4.69, 9.17) is 0 Å². The van der Waals surface area contributed by atoms with Crippen molar-refractivity contribution in [1.29, 1.82) is 0 Å². The quantitative estimate of drug-likeness (QED) is 0.692. The van der Waals surface area contributed by atoms with Gasteiger partial charge in [-0.3, -0.25) is 4.79 Å². The van der Waals surface area contributed by atoms with Gasteiger partial charge in [0.15, 0.2) is 0 Å². The van der Waals surface area contributed by atoms with E-state index in [9.17, 15) is 4.79 Å². The minimum Gasteiger partial charge on any atom is -0.359 e. The molecule has 0 fully saturated rings. The maximum Gasteiger partial charge on any atom is 0.225 e. The molecule has 0 spiro atoms. The summed E-state index contributed by atoms with van der Waals surface area (Å²) in [6.45, 7) is 10.4. The number of hydrogen-bond acceptors (Lipinski definition) is 1. The van der Waals surface area contributed by atoms with E-state index in [2.05, 4.69) is 26.1 Å². The van der Waals surface area contributed by atoms with Gasteiger partial charge in [0.05, 0.1) is 0 Å². The van der Waals surface area contributed by atoms with Gasteiger partial charge in [0.1, 0.15) is 0 Å². The fraction of sp³-hybridized carbons (Fsp3) is 0.900. The molecule has 0 aromatic carbocycles. The summed E-state index contributed by atoms with van der Waals surface area (Å²) < 4.78 is 0. The summed E-state index contributed by atoms with van der Waals surface area (Å²) in [6, 6.07) is 0. The van der Waals surface area contributed by atoms with Crippen molar-refractivity contribution in [2.45, 2.75) is 34.6 Å². The summed E-state index contributed by atoms with van der Waals surface area (Å²) in [7, 11) is 1.69. The molecule has 0 aliphatic heterocycles. The van der Waals surface area contributed by atoms with Crippen molar-refractivity contribution in [3.8, 4) is 0 Å². The van der Waals surface area contributed by atoms with Crippen LogP contribution in [0.5, 0.6) is 0 Å². The molecule has 1 amide bonds. The van der Waals surface area contributed by atoms with Gasteiger partial charge in [-0.1, -0.05) is 34.6 Å². The highest BCUT2D eigenvalue weighted by Crippen LogP contribution is 2.32. The van der Waals surface area contributed by atoms with E-state index in [0.717, 1.165) is 0 Å². The first-order chi connectivity index (χ1) is 5.34. The Morgan fingerprint density at radius 2 is 1.67 bits per heavy atom.